The molecule has 6 nitrogen and oxygen atoms in total. The fourth-order valence-corrected chi connectivity index (χ4v) is 12.2. The third-order valence-corrected chi connectivity index (χ3v) is 15.9. The molecule has 0 aliphatic carbocycles. The van der Waals surface area contributed by atoms with Crippen LogP contribution in [0.1, 0.15) is 184 Å². The molecule has 64 heavy (non-hydrogen) atoms. The van der Waals surface area contributed by atoms with E-state index in [2.05, 4.69) is 48.9 Å². The zero-order chi connectivity index (χ0) is 44.2. The summed E-state index contributed by atoms with van der Waals surface area (Å²) in [5.74, 6) is -0.933. The fraction of sp³-hybridized carbons (Fsp3) is 0.429. The maximum absolute atomic E-state index is 14.7. The monoisotopic (exact) mass is 890 g/mol. The number of imide groups is 2. The zero-order valence-electron chi connectivity index (χ0n) is 37.8. The molecule has 0 fully saturated rings. The number of carbonyl (C=O) groups is 4. The van der Waals surface area contributed by atoms with E-state index in [0.29, 0.717) is 46.1 Å². The Kier molecular flexibility index (Phi) is 13.9. The number of thiophene rings is 2. The first-order chi connectivity index (χ1) is 31.4. The summed E-state index contributed by atoms with van der Waals surface area (Å²) in [6.07, 6.45) is 23.6. The first-order valence-corrected chi connectivity index (χ1v) is 26.3. The third-order valence-electron chi connectivity index (χ3n) is 14.1. The lowest BCUT2D eigenvalue weighted by Crippen LogP contribution is -2.41. The molecule has 9 rings (SSSR count). The number of unbranched alkanes of at least 4 members (excludes halogenated alkanes) is 18. The standard InChI is InChI=1S/C56H62N2O4S2/c1-3-5-7-9-11-13-15-17-19-21-31-57-53(59)39-29-27-37-48-42(46-26-24-34-64-46)36-44-50-40(54(60)58(56(44)62)32-22-20-18-16-14-12-10-8-6-4-2)30-28-38(52(48)50)47-41(45-25-23-33-63-45)35-43(55(57)61)49(39)51(37)47/h23-30,33-36H,3-22,31-32H2,1-2H3. The van der Waals surface area contributed by atoms with Gasteiger partial charge in [0.05, 0.1) is 0 Å². The van der Waals surface area contributed by atoms with Crippen LogP contribution in [0, 0.1) is 0 Å². The van der Waals surface area contributed by atoms with Crippen LogP contribution in [0.5, 0.6) is 0 Å². The van der Waals surface area contributed by atoms with E-state index < -0.39 is 0 Å². The van der Waals surface area contributed by atoms with Gasteiger partial charge in [-0.05, 0) is 92.3 Å². The summed E-state index contributed by atoms with van der Waals surface area (Å²) in [6, 6.07) is 20.2. The van der Waals surface area contributed by atoms with Crippen LogP contribution in [0.2, 0.25) is 0 Å². The molecule has 2 aliphatic rings. The van der Waals surface area contributed by atoms with Crippen molar-refractivity contribution in [2.24, 2.45) is 0 Å². The number of nitrogens with zero attached hydrogens (tertiary/aromatic N) is 2. The SMILES string of the molecule is CCCCCCCCCCCCN1C(=O)c2ccc3c4c(-c5cccs5)cc5c6c(ccc(c7c(-c8cccs8)cc(c2c37)C1=O)c64)C(=O)N(CCCCCCCCCCCC)C5=O. The van der Waals surface area contributed by atoms with Gasteiger partial charge in [-0.15, -0.1) is 22.7 Å². The molecule has 4 amide bonds. The summed E-state index contributed by atoms with van der Waals surface area (Å²) >= 11 is 3.25. The Balaban J connectivity index is 1.09. The van der Waals surface area contributed by atoms with E-state index in [9.17, 15) is 19.2 Å². The van der Waals surface area contributed by atoms with E-state index in [0.717, 1.165) is 91.7 Å². The highest BCUT2D eigenvalue weighted by atomic mass is 32.1. The van der Waals surface area contributed by atoms with Gasteiger partial charge in [-0.1, -0.05) is 154 Å². The van der Waals surface area contributed by atoms with Crippen LogP contribution >= 0.6 is 22.7 Å². The average molecular weight is 891 g/mol. The highest BCUT2D eigenvalue weighted by Gasteiger charge is 2.38. The molecule has 0 spiro atoms. The smallest absolute Gasteiger partial charge is 0.261 e. The van der Waals surface area contributed by atoms with Crippen molar-refractivity contribution < 1.29 is 19.2 Å². The minimum Gasteiger partial charge on any atom is -0.274 e. The number of hydrogen-bond acceptors (Lipinski definition) is 6. The molecule has 0 saturated carbocycles. The molecule has 5 aromatic carbocycles. The Morgan fingerprint density at radius 2 is 0.703 bits per heavy atom. The largest absolute Gasteiger partial charge is 0.274 e. The van der Waals surface area contributed by atoms with Crippen molar-refractivity contribution in [3.8, 4) is 20.9 Å². The number of carbonyl (C=O) groups excluding carboxylic acids is 4. The van der Waals surface area contributed by atoms with Crippen LogP contribution < -0.4 is 0 Å². The van der Waals surface area contributed by atoms with Crippen LogP contribution in [-0.2, 0) is 0 Å². The van der Waals surface area contributed by atoms with Crippen LogP contribution in [0.3, 0.4) is 0 Å². The molecule has 2 aliphatic heterocycles. The van der Waals surface area contributed by atoms with Crippen molar-refractivity contribution >= 4 is 89.4 Å². The number of rotatable bonds is 24. The summed E-state index contributed by atoms with van der Waals surface area (Å²) in [4.78, 5) is 63.4. The van der Waals surface area contributed by atoms with Crippen LogP contribution in [0.25, 0.3) is 64.0 Å². The Labute approximate surface area is 386 Å². The van der Waals surface area contributed by atoms with Crippen molar-refractivity contribution in [3.63, 3.8) is 0 Å². The lowest BCUT2D eigenvalue weighted by Gasteiger charge is -2.31. The molecular weight excluding hydrogens is 829 g/mol. The fourth-order valence-electron chi connectivity index (χ4n) is 10.7. The summed E-state index contributed by atoms with van der Waals surface area (Å²) in [5, 5.41) is 11.0. The Morgan fingerprint density at radius 3 is 1.05 bits per heavy atom. The minimum absolute atomic E-state index is 0.233. The maximum atomic E-state index is 14.7. The van der Waals surface area contributed by atoms with Crippen molar-refractivity contribution in [3.05, 3.63) is 93.7 Å². The predicted octanol–water partition coefficient (Wildman–Crippen LogP) is 16.2. The van der Waals surface area contributed by atoms with E-state index in [-0.39, 0.29) is 23.6 Å². The molecule has 0 atom stereocenters. The number of amides is 4. The highest BCUT2D eigenvalue weighted by molar-refractivity contribution is 7.14. The molecule has 332 valence electrons. The molecule has 0 bridgehead atoms. The molecule has 4 heterocycles. The lowest BCUT2D eigenvalue weighted by atomic mass is 9.79. The lowest BCUT2D eigenvalue weighted by molar-refractivity contribution is 0.0592. The van der Waals surface area contributed by atoms with Crippen molar-refractivity contribution in [2.75, 3.05) is 13.1 Å². The molecule has 0 N–H and O–H groups in total. The Hall–Kier alpha value is -4.92. The van der Waals surface area contributed by atoms with Gasteiger partial charge >= 0.3 is 0 Å². The van der Waals surface area contributed by atoms with E-state index in [1.165, 1.54) is 99.7 Å². The van der Waals surface area contributed by atoms with E-state index in [1.807, 2.05) is 36.4 Å². The molecule has 0 unspecified atom stereocenters. The van der Waals surface area contributed by atoms with Gasteiger partial charge in [0.1, 0.15) is 0 Å². The molecule has 0 saturated heterocycles. The van der Waals surface area contributed by atoms with Crippen molar-refractivity contribution in [1.29, 1.82) is 0 Å². The van der Waals surface area contributed by atoms with Gasteiger partial charge in [0, 0.05) is 67.0 Å². The summed E-state index contributed by atoms with van der Waals surface area (Å²) < 4.78 is 0. The van der Waals surface area contributed by atoms with Gasteiger partial charge in [0.15, 0.2) is 0 Å². The first kappa shape index (κ1) is 44.3. The molecular formula is C56H62N2O4S2. The topological polar surface area (TPSA) is 74.8 Å². The van der Waals surface area contributed by atoms with Crippen LogP contribution in [0.15, 0.2) is 71.4 Å². The van der Waals surface area contributed by atoms with Crippen LogP contribution in [-0.4, -0.2) is 46.5 Å². The quantitative estimate of drug-likeness (QED) is 0.0262. The second kappa shape index (κ2) is 20.1. The minimum atomic E-state index is -0.233. The first-order valence-electron chi connectivity index (χ1n) is 24.5. The predicted molar refractivity (Wildman–Crippen MR) is 269 cm³/mol. The van der Waals surface area contributed by atoms with Gasteiger partial charge in [0.25, 0.3) is 23.6 Å². The van der Waals surface area contributed by atoms with E-state index in [4.69, 9.17) is 0 Å². The third kappa shape index (κ3) is 8.30. The normalized spacial score (nSPS) is 14.0. The van der Waals surface area contributed by atoms with E-state index in [1.54, 1.807) is 22.7 Å². The van der Waals surface area contributed by atoms with Crippen molar-refractivity contribution in [2.45, 2.75) is 142 Å². The van der Waals surface area contributed by atoms with E-state index >= 15 is 0 Å². The maximum Gasteiger partial charge on any atom is 0.261 e. The molecule has 7 aromatic rings. The number of hydrogen-bond donors (Lipinski definition) is 0. The highest BCUT2D eigenvalue weighted by Crippen LogP contribution is 2.52. The number of fused-ring (bicyclic) bond motifs is 2. The molecule has 8 heteroatoms. The van der Waals surface area contributed by atoms with Gasteiger partial charge in [-0.2, -0.15) is 0 Å². The summed E-state index contributed by atoms with van der Waals surface area (Å²) in [7, 11) is 0. The van der Waals surface area contributed by atoms with Crippen molar-refractivity contribution in [1.82, 2.24) is 9.80 Å². The molecule has 2 aromatic heterocycles. The van der Waals surface area contributed by atoms with Crippen LogP contribution in [0.4, 0.5) is 0 Å². The summed E-state index contributed by atoms with van der Waals surface area (Å²) in [6.45, 7) is 5.31. The van der Waals surface area contributed by atoms with Gasteiger partial charge < -0.3 is 0 Å². The Bertz CT molecular complexity index is 2610. The van der Waals surface area contributed by atoms with Gasteiger partial charge in [0.2, 0.25) is 0 Å². The number of benzene rings is 5. The average Bonchev–Trinajstić information content (AvgIpc) is 4.06. The second-order valence-corrected chi connectivity index (χ2v) is 20.3. The Morgan fingerprint density at radius 1 is 0.359 bits per heavy atom. The molecule has 0 radical (unpaired) electrons. The summed E-state index contributed by atoms with van der Waals surface area (Å²) in [5.41, 5.74) is 4.09. The van der Waals surface area contributed by atoms with Gasteiger partial charge in [-0.3, -0.25) is 29.0 Å². The second-order valence-electron chi connectivity index (χ2n) is 18.4. The zero-order valence-corrected chi connectivity index (χ0v) is 39.5. The van der Waals surface area contributed by atoms with Gasteiger partial charge in [-0.25, -0.2) is 0 Å².